The number of rotatable bonds is 4. The Morgan fingerprint density at radius 3 is 2.68 bits per heavy atom. The number of thiazole rings is 1. The van der Waals surface area contributed by atoms with Crippen molar-refractivity contribution in [3.05, 3.63) is 103 Å². The molecule has 2 aromatic heterocycles. The molecule has 0 saturated heterocycles. The molecule has 3 heterocycles. The summed E-state index contributed by atoms with van der Waals surface area (Å²) in [6.45, 7) is 3.64. The predicted octanol–water partition coefficient (Wildman–Crippen LogP) is 3.43. The monoisotopic (exact) mass is 475 g/mol. The smallest absolute Gasteiger partial charge is 0.338 e. The van der Waals surface area contributed by atoms with E-state index in [2.05, 4.69) is 4.99 Å². The molecule has 1 aliphatic heterocycles. The van der Waals surface area contributed by atoms with Crippen LogP contribution >= 0.6 is 11.3 Å². The maximum Gasteiger partial charge on any atom is 0.338 e. The number of aromatic nitrogens is 2. The van der Waals surface area contributed by atoms with Crippen LogP contribution in [-0.2, 0) is 16.6 Å². The third-order valence-corrected chi connectivity index (χ3v) is 6.90. The molecular weight excluding hydrogens is 453 g/mol. The largest absolute Gasteiger partial charge is 0.463 e. The highest BCUT2D eigenvalue weighted by Crippen LogP contribution is 2.30. The van der Waals surface area contributed by atoms with Crippen LogP contribution in [-0.4, -0.2) is 21.7 Å². The van der Waals surface area contributed by atoms with Gasteiger partial charge in [-0.25, -0.2) is 14.2 Å². The van der Waals surface area contributed by atoms with Gasteiger partial charge in [-0.2, -0.15) is 0 Å². The molecule has 0 unspecified atom stereocenters. The molecular formula is C26H22FN3O3S. The Balaban J connectivity index is 1.75. The molecule has 8 heteroatoms. The van der Waals surface area contributed by atoms with Crippen molar-refractivity contribution in [2.75, 3.05) is 6.61 Å². The maximum absolute atomic E-state index is 13.7. The average molecular weight is 476 g/mol. The summed E-state index contributed by atoms with van der Waals surface area (Å²) < 4.78 is 23.0. The molecule has 34 heavy (non-hydrogen) atoms. The second-order valence-electron chi connectivity index (χ2n) is 8.07. The van der Waals surface area contributed by atoms with Crippen LogP contribution in [0.2, 0.25) is 0 Å². The number of halogens is 1. The summed E-state index contributed by atoms with van der Waals surface area (Å²) in [4.78, 5) is 31.6. The fraction of sp³-hybridized carbons (Fsp3) is 0.192. The minimum absolute atomic E-state index is 0.192. The van der Waals surface area contributed by atoms with Crippen molar-refractivity contribution in [1.29, 1.82) is 0 Å². The summed E-state index contributed by atoms with van der Waals surface area (Å²) in [7, 11) is 1.96. The first-order valence-corrected chi connectivity index (χ1v) is 11.7. The van der Waals surface area contributed by atoms with E-state index < -0.39 is 17.8 Å². The first kappa shape index (κ1) is 22.0. The van der Waals surface area contributed by atoms with Crippen LogP contribution in [0.4, 0.5) is 4.39 Å². The van der Waals surface area contributed by atoms with Gasteiger partial charge in [0.15, 0.2) is 4.80 Å². The molecule has 1 atom stereocenters. The van der Waals surface area contributed by atoms with Crippen molar-refractivity contribution in [2.45, 2.75) is 19.9 Å². The van der Waals surface area contributed by atoms with E-state index in [0.717, 1.165) is 16.5 Å². The van der Waals surface area contributed by atoms with Crippen molar-refractivity contribution in [3.8, 4) is 0 Å². The number of esters is 1. The number of hydrogen-bond donors (Lipinski definition) is 0. The van der Waals surface area contributed by atoms with Crippen molar-refractivity contribution in [3.63, 3.8) is 0 Å². The molecule has 1 aliphatic rings. The second kappa shape index (κ2) is 8.53. The van der Waals surface area contributed by atoms with Gasteiger partial charge in [-0.3, -0.25) is 9.36 Å². The Kier molecular flexibility index (Phi) is 5.53. The average Bonchev–Trinajstić information content (AvgIpc) is 3.30. The molecule has 172 valence electrons. The van der Waals surface area contributed by atoms with Crippen LogP contribution in [0.15, 0.2) is 75.8 Å². The molecule has 0 aliphatic carbocycles. The van der Waals surface area contributed by atoms with Crippen molar-refractivity contribution in [1.82, 2.24) is 9.13 Å². The van der Waals surface area contributed by atoms with Gasteiger partial charge in [-0.05, 0) is 43.7 Å². The lowest BCUT2D eigenvalue weighted by molar-refractivity contribution is -0.139. The highest BCUT2D eigenvalue weighted by molar-refractivity contribution is 7.07. The lowest BCUT2D eigenvalue weighted by atomic mass is 9.96. The second-order valence-corrected chi connectivity index (χ2v) is 9.08. The van der Waals surface area contributed by atoms with Crippen LogP contribution in [0.5, 0.6) is 0 Å². The van der Waals surface area contributed by atoms with E-state index in [1.54, 1.807) is 26.0 Å². The maximum atomic E-state index is 13.7. The molecule has 6 nitrogen and oxygen atoms in total. The van der Waals surface area contributed by atoms with E-state index >= 15 is 0 Å². The molecule has 2 aromatic carbocycles. The first-order valence-electron chi connectivity index (χ1n) is 10.9. The molecule has 0 radical (unpaired) electrons. The summed E-state index contributed by atoms with van der Waals surface area (Å²) in [5, 5.41) is 1.04. The van der Waals surface area contributed by atoms with E-state index in [4.69, 9.17) is 4.74 Å². The summed E-state index contributed by atoms with van der Waals surface area (Å²) in [5.41, 5.74) is 3.08. The number of fused-ring (bicyclic) bond motifs is 2. The lowest BCUT2D eigenvalue weighted by Crippen LogP contribution is -2.39. The number of para-hydroxylation sites is 1. The summed E-state index contributed by atoms with van der Waals surface area (Å²) >= 11 is 1.27. The Morgan fingerprint density at radius 2 is 1.94 bits per heavy atom. The quantitative estimate of drug-likeness (QED) is 0.425. The van der Waals surface area contributed by atoms with Crippen LogP contribution in [0, 0.1) is 5.82 Å². The molecule has 0 spiro atoms. The highest BCUT2D eigenvalue weighted by atomic mass is 32.1. The fourth-order valence-corrected chi connectivity index (χ4v) is 5.42. The Hall–Kier alpha value is -3.78. The number of carbonyl (C=O) groups is 1. The first-order chi connectivity index (χ1) is 16.4. The zero-order valence-corrected chi connectivity index (χ0v) is 19.7. The Morgan fingerprint density at radius 1 is 1.21 bits per heavy atom. The standard InChI is InChI=1S/C26H22FN3O3S/c1-4-33-25(32)22-15(2)28-26-30(23(22)16-9-11-18(27)12-10-16)24(31)21(34-26)13-17-14-29(3)20-8-6-5-7-19(17)20/h5-14,23H,4H2,1-3H3/b21-13-/t23-/m0/s1. The van der Waals surface area contributed by atoms with Gasteiger partial charge in [0.1, 0.15) is 5.82 Å². The molecule has 0 N–H and O–H groups in total. The zero-order valence-electron chi connectivity index (χ0n) is 18.9. The van der Waals surface area contributed by atoms with Gasteiger partial charge in [0.25, 0.3) is 5.56 Å². The Bertz CT molecular complexity index is 1640. The number of allylic oxidation sites excluding steroid dienone is 1. The van der Waals surface area contributed by atoms with Crippen LogP contribution < -0.4 is 14.9 Å². The third kappa shape index (κ3) is 3.60. The van der Waals surface area contributed by atoms with Gasteiger partial charge in [-0.1, -0.05) is 41.7 Å². The number of benzene rings is 2. The molecule has 0 amide bonds. The highest BCUT2D eigenvalue weighted by Gasteiger charge is 2.33. The van der Waals surface area contributed by atoms with Gasteiger partial charge < -0.3 is 9.30 Å². The van der Waals surface area contributed by atoms with Gasteiger partial charge in [0.05, 0.1) is 28.5 Å². The lowest BCUT2D eigenvalue weighted by Gasteiger charge is -2.24. The van der Waals surface area contributed by atoms with Gasteiger partial charge in [0, 0.05) is 29.7 Å². The number of aryl methyl sites for hydroxylation is 1. The van der Waals surface area contributed by atoms with Gasteiger partial charge in [0.2, 0.25) is 0 Å². The number of ether oxygens (including phenoxy) is 1. The molecule has 0 saturated carbocycles. The third-order valence-electron chi connectivity index (χ3n) is 5.92. The van der Waals surface area contributed by atoms with Crippen LogP contribution in [0.1, 0.15) is 31.0 Å². The van der Waals surface area contributed by atoms with Crippen LogP contribution in [0.3, 0.4) is 0 Å². The number of carbonyl (C=O) groups excluding carboxylic acids is 1. The van der Waals surface area contributed by atoms with E-state index in [-0.39, 0.29) is 17.7 Å². The number of hydrogen-bond acceptors (Lipinski definition) is 5. The summed E-state index contributed by atoms with van der Waals surface area (Å²) in [6, 6.07) is 13.0. The van der Waals surface area contributed by atoms with E-state index in [1.165, 1.54) is 28.0 Å². The fourth-order valence-electron chi connectivity index (χ4n) is 4.38. The summed E-state index contributed by atoms with van der Waals surface area (Å²) in [6.07, 6.45) is 3.84. The van der Waals surface area contributed by atoms with Gasteiger partial charge >= 0.3 is 5.97 Å². The molecule has 5 rings (SSSR count). The van der Waals surface area contributed by atoms with E-state index in [9.17, 15) is 14.0 Å². The molecule has 0 fully saturated rings. The van der Waals surface area contributed by atoms with E-state index in [0.29, 0.717) is 20.6 Å². The van der Waals surface area contributed by atoms with E-state index in [1.807, 2.05) is 48.2 Å². The van der Waals surface area contributed by atoms with Crippen molar-refractivity contribution < 1.29 is 13.9 Å². The summed E-state index contributed by atoms with van der Waals surface area (Å²) in [5.74, 6) is -0.938. The molecule has 4 aromatic rings. The predicted molar refractivity (Wildman–Crippen MR) is 130 cm³/mol. The van der Waals surface area contributed by atoms with Gasteiger partial charge in [-0.15, -0.1) is 0 Å². The normalized spacial score (nSPS) is 16.0. The SMILES string of the molecule is CCOC(=O)C1=C(C)N=c2s/c(=C\c3cn(C)c4ccccc34)c(=O)n2[C@H]1c1ccc(F)cc1. The minimum Gasteiger partial charge on any atom is -0.463 e. The topological polar surface area (TPSA) is 65.6 Å². The molecule has 0 bridgehead atoms. The van der Waals surface area contributed by atoms with Crippen molar-refractivity contribution >= 4 is 34.3 Å². The number of nitrogens with zero attached hydrogens (tertiary/aromatic N) is 3. The minimum atomic E-state index is -0.759. The zero-order chi connectivity index (χ0) is 24.0. The Labute approximate surface area is 198 Å². The van der Waals surface area contributed by atoms with Crippen molar-refractivity contribution in [2.24, 2.45) is 12.0 Å². The van der Waals surface area contributed by atoms with Crippen LogP contribution in [0.25, 0.3) is 17.0 Å².